The molecular formula is C40H52N6O14S. The maximum atomic E-state index is 13.2. The van der Waals surface area contributed by atoms with E-state index in [0.29, 0.717) is 11.5 Å². The molecule has 0 bridgehead atoms. The molecule has 0 aromatic rings. The molecule has 6 N–H and O–H groups in total. The lowest BCUT2D eigenvalue weighted by molar-refractivity contribution is -0.147. The number of esters is 4. The first-order valence-electron chi connectivity index (χ1n) is 19.1. The largest absolute Gasteiger partial charge is 0.469 e. The van der Waals surface area contributed by atoms with Crippen LogP contribution in [0.25, 0.3) is 0 Å². The smallest absolute Gasteiger partial charge is 0.328 e. The van der Waals surface area contributed by atoms with Crippen molar-refractivity contribution >= 4 is 71.1 Å². The summed E-state index contributed by atoms with van der Waals surface area (Å²) in [5, 5.41) is 15.6. The van der Waals surface area contributed by atoms with Crippen molar-refractivity contribution in [2.75, 3.05) is 53.0 Å². The number of carbonyl (C=O) groups excluding carboxylic acids is 10. The van der Waals surface area contributed by atoms with E-state index in [1.165, 1.54) is 50.3 Å². The van der Waals surface area contributed by atoms with Crippen LogP contribution in [0.3, 0.4) is 0 Å². The number of allylic oxidation sites excluding steroid dienone is 2. The van der Waals surface area contributed by atoms with Crippen molar-refractivity contribution < 1.29 is 66.9 Å². The molecule has 6 amide bonds. The van der Waals surface area contributed by atoms with Crippen LogP contribution in [0, 0.1) is 0 Å². The van der Waals surface area contributed by atoms with Gasteiger partial charge in [0, 0.05) is 50.3 Å². The minimum atomic E-state index is -1.15. The molecule has 0 spiro atoms. The molecule has 20 nitrogen and oxygen atoms in total. The van der Waals surface area contributed by atoms with Crippen molar-refractivity contribution in [3.05, 3.63) is 59.1 Å². The number of hydrogen-bond donors (Lipinski definition) is 6. The van der Waals surface area contributed by atoms with E-state index < -0.39 is 83.5 Å². The number of thioether (sulfide) groups is 1. The molecule has 332 valence electrons. The first-order chi connectivity index (χ1) is 29.2. The quantitative estimate of drug-likeness (QED) is 0.0238. The minimum absolute atomic E-state index is 0.0776. The third kappa shape index (κ3) is 19.5. The summed E-state index contributed by atoms with van der Waals surface area (Å²) in [4.78, 5) is 125. The maximum Gasteiger partial charge on any atom is 0.328 e. The highest BCUT2D eigenvalue weighted by atomic mass is 32.2. The Hall–Kier alpha value is -6.43. The number of amides is 6. The molecule has 0 aromatic heterocycles. The molecule has 0 saturated carbocycles. The lowest BCUT2D eigenvalue weighted by Gasteiger charge is -2.20. The average Bonchev–Trinajstić information content (AvgIpc) is 4.01. The maximum absolute atomic E-state index is 13.2. The van der Waals surface area contributed by atoms with Crippen LogP contribution in [0.2, 0.25) is 0 Å². The van der Waals surface area contributed by atoms with E-state index >= 15 is 0 Å². The molecule has 2 rings (SSSR count). The zero-order valence-electron chi connectivity index (χ0n) is 34.4. The van der Waals surface area contributed by atoms with Gasteiger partial charge in [0.2, 0.25) is 23.6 Å². The summed E-state index contributed by atoms with van der Waals surface area (Å²) < 4.78 is 18.6. The second-order valence-corrected chi connectivity index (χ2v) is 14.2. The molecule has 0 unspecified atom stereocenters. The summed E-state index contributed by atoms with van der Waals surface area (Å²) >= 11 is 1.36. The van der Waals surface area contributed by atoms with Gasteiger partial charge in [-0.25, -0.2) is 9.59 Å². The number of methoxy groups -OCH3 is 4. The zero-order valence-corrected chi connectivity index (χ0v) is 35.2. The molecule has 0 aliphatic heterocycles. The summed E-state index contributed by atoms with van der Waals surface area (Å²) in [5.41, 5.74) is 5.85. The van der Waals surface area contributed by atoms with Crippen LogP contribution in [-0.2, 0) is 66.9 Å². The van der Waals surface area contributed by atoms with Gasteiger partial charge in [0.05, 0.1) is 39.6 Å². The van der Waals surface area contributed by atoms with Gasteiger partial charge >= 0.3 is 23.9 Å². The molecule has 4 atom stereocenters. The first kappa shape index (κ1) is 50.7. The fraction of sp³-hybridized carbons (Fsp3) is 0.500. The highest BCUT2D eigenvalue weighted by molar-refractivity contribution is 7.99. The van der Waals surface area contributed by atoms with Crippen LogP contribution in [0.15, 0.2) is 59.1 Å². The second kappa shape index (κ2) is 28.1. The molecule has 61 heavy (non-hydrogen) atoms. The van der Waals surface area contributed by atoms with E-state index in [2.05, 4.69) is 52.8 Å². The Kier molecular flexibility index (Phi) is 23.4. The molecule has 21 heteroatoms. The molecule has 2 aliphatic carbocycles. The van der Waals surface area contributed by atoms with Crippen molar-refractivity contribution in [2.24, 2.45) is 0 Å². The summed E-state index contributed by atoms with van der Waals surface area (Å²) in [6.07, 6.45) is 7.96. The topological polar surface area (TPSA) is 280 Å². The van der Waals surface area contributed by atoms with E-state index in [1.54, 1.807) is 12.2 Å². The van der Waals surface area contributed by atoms with Gasteiger partial charge in [-0.05, 0) is 50.0 Å². The highest BCUT2D eigenvalue weighted by Crippen LogP contribution is 2.10. The van der Waals surface area contributed by atoms with Crippen molar-refractivity contribution in [1.29, 1.82) is 0 Å². The van der Waals surface area contributed by atoms with Gasteiger partial charge in [0.25, 0.3) is 11.8 Å². The fourth-order valence-electron chi connectivity index (χ4n) is 5.39. The Labute approximate surface area is 356 Å². The predicted molar refractivity (Wildman–Crippen MR) is 218 cm³/mol. The number of nitrogens with one attached hydrogen (secondary N) is 6. The summed E-state index contributed by atoms with van der Waals surface area (Å²) in [5.74, 6) is -5.56. The van der Waals surface area contributed by atoms with Crippen molar-refractivity contribution in [3.63, 3.8) is 0 Å². The third-order valence-electron chi connectivity index (χ3n) is 8.71. The summed E-state index contributed by atoms with van der Waals surface area (Å²) in [7, 11) is 4.63. The average molecular weight is 873 g/mol. The lowest BCUT2D eigenvalue weighted by Crippen LogP contribution is -2.49. The predicted octanol–water partition coefficient (Wildman–Crippen LogP) is -0.993. The van der Waals surface area contributed by atoms with E-state index in [0.717, 1.165) is 14.2 Å². The molecule has 0 saturated heterocycles. The standard InChI is InChI=1S/C40H52N6O14S/c1-57-33(49)19-15-29(39(55)59-3)43-31(47)17-13-27(45-35(51)25-9-5-6-10-25)37(53)41-21-23-61-24-22-42-38(54)28(46-36(52)26-11-7-8-12-26)14-18-32(48)44-30(40(56)60-4)16-20-34(50)58-2/h5-9,11,27-30H,13-24H2,1-4H3,(H,41,53)(H,42,54)(H,43,47)(H,44,48)(H,45,51)(H,46,52)/t27-,28-,29-,30-/m0/s1. The van der Waals surface area contributed by atoms with E-state index in [4.69, 9.17) is 9.47 Å². The Balaban J connectivity index is 1.92. The summed E-state index contributed by atoms with van der Waals surface area (Å²) in [6, 6.07) is -4.58. The highest BCUT2D eigenvalue weighted by Gasteiger charge is 2.28. The number of ether oxygens (including phenoxy) is 4. The van der Waals surface area contributed by atoms with Crippen LogP contribution in [0.5, 0.6) is 0 Å². The zero-order chi connectivity index (χ0) is 45.2. The van der Waals surface area contributed by atoms with E-state index in [-0.39, 0.29) is 75.6 Å². The molecule has 0 radical (unpaired) electrons. The monoisotopic (exact) mass is 872 g/mol. The van der Waals surface area contributed by atoms with Crippen LogP contribution in [-0.4, -0.2) is 137 Å². The van der Waals surface area contributed by atoms with Crippen LogP contribution >= 0.6 is 11.8 Å². The number of carbonyl (C=O) groups is 10. The molecule has 0 fully saturated rings. The Morgan fingerprint density at radius 1 is 0.525 bits per heavy atom. The van der Waals surface area contributed by atoms with Crippen molar-refractivity contribution in [2.45, 2.75) is 75.5 Å². The Morgan fingerprint density at radius 2 is 0.902 bits per heavy atom. The lowest BCUT2D eigenvalue weighted by atomic mass is 10.1. The van der Waals surface area contributed by atoms with Crippen molar-refractivity contribution in [1.82, 2.24) is 31.9 Å². The van der Waals surface area contributed by atoms with Gasteiger partial charge in [-0.15, -0.1) is 11.5 Å². The third-order valence-corrected chi connectivity index (χ3v) is 9.70. The molecular weight excluding hydrogens is 821 g/mol. The normalized spacial score (nSPS) is 13.9. The summed E-state index contributed by atoms with van der Waals surface area (Å²) in [6.45, 7) is 0.291. The van der Waals surface area contributed by atoms with E-state index in [9.17, 15) is 47.9 Å². The van der Waals surface area contributed by atoms with Crippen LogP contribution in [0.1, 0.15) is 51.4 Å². The van der Waals surface area contributed by atoms with Gasteiger partial charge in [0.1, 0.15) is 24.2 Å². The molecule has 0 heterocycles. The minimum Gasteiger partial charge on any atom is -0.469 e. The van der Waals surface area contributed by atoms with Gasteiger partial charge in [-0.2, -0.15) is 11.8 Å². The molecule has 2 aliphatic rings. The van der Waals surface area contributed by atoms with Gasteiger partial charge in [-0.3, -0.25) is 38.4 Å². The number of rotatable bonds is 28. The molecule has 0 aromatic carbocycles. The first-order valence-corrected chi connectivity index (χ1v) is 20.3. The van der Waals surface area contributed by atoms with Gasteiger partial charge < -0.3 is 50.8 Å². The van der Waals surface area contributed by atoms with Gasteiger partial charge in [-0.1, -0.05) is 12.2 Å². The fourth-order valence-corrected chi connectivity index (χ4v) is 6.09. The SMILES string of the molecule is COC(=O)CC[C@H](NC(=O)CC[C@H](NC(=O)C1=C=CC=C1)C(=O)NCCSCCNC(=O)[C@H](CCC(=O)N[C@@H](CCC(=O)OC)C(=O)OC)NC(=O)C1=C=CC=C1)C(=O)OC. The Bertz CT molecular complexity index is 1720. The van der Waals surface area contributed by atoms with Crippen LogP contribution in [0.4, 0.5) is 0 Å². The van der Waals surface area contributed by atoms with Crippen molar-refractivity contribution in [3.8, 4) is 0 Å². The van der Waals surface area contributed by atoms with E-state index in [1.807, 2.05) is 0 Å². The van der Waals surface area contributed by atoms with Gasteiger partial charge in [0.15, 0.2) is 0 Å². The Morgan fingerprint density at radius 3 is 1.23 bits per heavy atom. The van der Waals surface area contributed by atoms with Crippen LogP contribution < -0.4 is 31.9 Å². The second-order valence-electron chi connectivity index (χ2n) is 13.0. The number of hydrogen-bond acceptors (Lipinski definition) is 15.